The molecule has 2 N–H and O–H groups in total. The number of nitrogens with zero attached hydrogens (tertiary/aromatic N) is 3. The van der Waals surface area contributed by atoms with Crippen molar-refractivity contribution in [3.8, 4) is 0 Å². The Morgan fingerprint density at radius 1 is 1.20 bits per heavy atom. The summed E-state index contributed by atoms with van der Waals surface area (Å²) in [5.74, 6) is 0. The van der Waals surface area contributed by atoms with Crippen LogP contribution in [0.4, 0.5) is 28.8 Å². The molecular weight excluding hydrogens is 355 g/mol. The maximum atomic E-state index is 12.4. The number of halogens is 3. The number of urea groups is 1. The summed E-state index contributed by atoms with van der Waals surface area (Å²) in [5.41, 5.74) is 2.25. The van der Waals surface area contributed by atoms with E-state index < -0.39 is 17.2 Å². The van der Waals surface area contributed by atoms with Crippen molar-refractivity contribution in [3.05, 3.63) is 34.8 Å². The summed E-state index contributed by atoms with van der Waals surface area (Å²) in [6.07, 6.45) is -3.07. The Bertz CT molecular complexity index is 700. The molecule has 0 aliphatic rings. The van der Waals surface area contributed by atoms with Crippen LogP contribution in [-0.4, -0.2) is 36.9 Å². The molecule has 10 heteroatoms. The van der Waals surface area contributed by atoms with Gasteiger partial charge in [0.05, 0.1) is 0 Å². The van der Waals surface area contributed by atoms with E-state index in [9.17, 15) is 18.0 Å². The van der Waals surface area contributed by atoms with Gasteiger partial charge >= 0.3 is 12.2 Å². The molecule has 2 amide bonds. The molecule has 0 atom stereocenters. The number of carbonyl (C=O) groups excluding carboxylic acids is 1. The van der Waals surface area contributed by atoms with Crippen molar-refractivity contribution in [1.82, 2.24) is 15.5 Å². The van der Waals surface area contributed by atoms with Crippen molar-refractivity contribution in [2.24, 2.45) is 0 Å². The van der Waals surface area contributed by atoms with E-state index in [0.29, 0.717) is 13.0 Å². The highest BCUT2D eigenvalue weighted by Gasteiger charge is 2.35. The summed E-state index contributed by atoms with van der Waals surface area (Å²) in [6, 6.07) is 7.48. The lowest BCUT2D eigenvalue weighted by molar-refractivity contribution is -0.138. The number of benzene rings is 1. The lowest BCUT2D eigenvalue weighted by atomic mass is 10.1. The van der Waals surface area contributed by atoms with Crippen LogP contribution in [-0.2, 0) is 12.6 Å². The predicted molar refractivity (Wildman–Crippen MR) is 91.0 cm³/mol. The average molecular weight is 373 g/mol. The van der Waals surface area contributed by atoms with Crippen LogP contribution in [0.2, 0.25) is 0 Å². The first-order valence-corrected chi connectivity index (χ1v) is 8.29. The van der Waals surface area contributed by atoms with Crippen molar-refractivity contribution in [1.29, 1.82) is 0 Å². The Morgan fingerprint density at radius 3 is 2.44 bits per heavy atom. The quantitative estimate of drug-likeness (QED) is 0.762. The molecular formula is C15H18F3N5OS. The molecule has 2 rings (SSSR count). The highest BCUT2D eigenvalue weighted by atomic mass is 32.1. The molecule has 0 aliphatic heterocycles. The number of hydrogen-bond donors (Lipinski definition) is 2. The topological polar surface area (TPSA) is 70.2 Å². The van der Waals surface area contributed by atoms with Gasteiger partial charge in [-0.25, -0.2) is 4.79 Å². The van der Waals surface area contributed by atoms with E-state index in [1.165, 1.54) is 0 Å². The third-order valence-corrected chi connectivity index (χ3v) is 4.15. The number of anilines is 2. The molecule has 0 saturated carbocycles. The van der Waals surface area contributed by atoms with Crippen LogP contribution in [0.1, 0.15) is 17.0 Å². The van der Waals surface area contributed by atoms with Gasteiger partial charge in [0, 0.05) is 26.3 Å². The minimum Gasteiger partial charge on any atom is -0.378 e. The van der Waals surface area contributed by atoms with Crippen molar-refractivity contribution in [3.63, 3.8) is 0 Å². The molecule has 0 saturated heterocycles. The first-order chi connectivity index (χ1) is 11.8. The number of aromatic nitrogens is 2. The van der Waals surface area contributed by atoms with Crippen molar-refractivity contribution < 1.29 is 18.0 Å². The molecule has 2 aromatic rings. The van der Waals surface area contributed by atoms with Gasteiger partial charge in [-0.1, -0.05) is 23.5 Å². The summed E-state index contributed by atoms with van der Waals surface area (Å²) in [5, 5.41) is 9.82. The van der Waals surface area contributed by atoms with Gasteiger partial charge in [-0.3, -0.25) is 5.32 Å². The number of carbonyl (C=O) groups is 1. The van der Waals surface area contributed by atoms with Gasteiger partial charge in [-0.15, -0.1) is 10.2 Å². The van der Waals surface area contributed by atoms with E-state index in [2.05, 4.69) is 20.8 Å². The minimum absolute atomic E-state index is 0.191. The first kappa shape index (κ1) is 19.0. The van der Waals surface area contributed by atoms with Crippen molar-refractivity contribution in [2.75, 3.05) is 30.9 Å². The van der Waals surface area contributed by atoms with Crippen LogP contribution in [0, 0.1) is 0 Å². The Morgan fingerprint density at radius 2 is 1.88 bits per heavy atom. The number of nitrogens with one attached hydrogen (secondary N) is 2. The van der Waals surface area contributed by atoms with Crippen molar-refractivity contribution >= 4 is 28.2 Å². The third kappa shape index (κ3) is 5.89. The summed E-state index contributed by atoms with van der Waals surface area (Å²) in [6.45, 7) is 0.395. The van der Waals surface area contributed by atoms with Crippen LogP contribution < -0.4 is 15.5 Å². The smallest absolute Gasteiger partial charge is 0.378 e. The second kappa shape index (κ2) is 8.15. The van der Waals surface area contributed by atoms with Gasteiger partial charge in [0.2, 0.25) is 10.1 Å². The van der Waals surface area contributed by atoms with Gasteiger partial charge < -0.3 is 10.2 Å². The molecule has 0 radical (unpaired) electrons. The zero-order valence-corrected chi connectivity index (χ0v) is 14.5. The van der Waals surface area contributed by atoms with Gasteiger partial charge in [-0.2, -0.15) is 13.2 Å². The van der Waals surface area contributed by atoms with Crippen molar-refractivity contribution in [2.45, 2.75) is 19.0 Å². The lowest BCUT2D eigenvalue weighted by Crippen LogP contribution is -2.29. The summed E-state index contributed by atoms with van der Waals surface area (Å²) in [7, 11) is 3.93. The number of rotatable bonds is 6. The summed E-state index contributed by atoms with van der Waals surface area (Å²) >= 11 is 0.285. The Kier molecular flexibility index (Phi) is 6.18. The molecule has 1 heterocycles. The van der Waals surface area contributed by atoms with Crippen LogP contribution in [0.5, 0.6) is 0 Å². The fourth-order valence-electron chi connectivity index (χ4n) is 1.98. The fraction of sp³-hybridized carbons (Fsp3) is 0.400. The number of alkyl halides is 3. The monoisotopic (exact) mass is 373 g/mol. The second-order valence-electron chi connectivity index (χ2n) is 5.46. The third-order valence-electron chi connectivity index (χ3n) is 3.27. The standard InChI is InChI=1S/C15H18F3N5OS/c1-23(2)11-7-5-10(6-8-11)4-3-9-19-13(24)20-14-22-21-12(25-14)15(16,17)18/h5-8H,3-4,9H2,1-2H3,(H2,19,20,22,24). The van der Waals surface area contributed by atoms with E-state index in [-0.39, 0.29) is 16.5 Å². The lowest BCUT2D eigenvalue weighted by Gasteiger charge is -2.12. The molecule has 6 nitrogen and oxygen atoms in total. The highest BCUT2D eigenvalue weighted by Crippen LogP contribution is 2.32. The molecule has 0 aliphatic carbocycles. The molecule has 25 heavy (non-hydrogen) atoms. The maximum Gasteiger partial charge on any atom is 0.445 e. The van der Waals surface area contributed by atoms with Crippen LogP contribution in [0.25, 0.3) is 0 Å². The van der Waals surface area contributed by atoms with E-state index in [1.807, 2.05) is 43.3 Å². The van der Waals surface area contributed by atoms with Gasteiger partial charge in [0.25, 0.3) is 0 Å². The van der Waals surface area contributed by atoms with Crippen LogP contribution in [0.3, 0.4) is 0 Å². The Labute approximate surface area is 147 Å². The predicted octanol–water partition coefficient (Wildman–Crippen LogP) is 3.38. The molecule has 0 unspecified atom stereocenters. The highest BCUT2D eigenvalue weighted by molar-refractivity contribution is 7.15. The van der Waals surface area contributed by atoms with Gasteiger partial charge in [-0.05, 0) is 30.5 Å². The Hall–Kier alpha value is -2.36. The summed E-state index contributed by atoms with van der Waals surface area (Å²) in [4.78, 5) is 13.6. The van der Waals surface area contributed by atoms with Gasteiger partial charge in [0.1, 0.15) is 0 Å². The number of amides is 2. The Balaban J connectivity index is 1.71. The molecule has 0 fully saturated rings. The molecule has 136 valence electrons. The van der Waals surface area contributed by atoms with E-state index in [4.69, 9.17) is 0 Å². The maximum absolute atomic E-state index is 12.4. The molecule has 0 spiro atoms. The second-order valence-corrected chi connectivity index (χ2v) is 6.43. The van der Waals surface area contributed by atoms with E-state index in [1.54, 1.807) is 0 Å². The SMILES string of the molecule is CN(C)c1ccc(CCCNC(=O)Nc2nnc(C(F)(F)F)s2)cc1. The fourth-order valence-corrected chi connectivity index (χ4v) is 2.59. The number of aryl methyl sites for hydroxylation is 1. The van der Waals surface area contributed by atoms with Crippen LogP contribution >= 0.6 is 11.3 Å². The zero-order chi connectivity index (χ0) is 18.4. The molecule has 1 aromatic heterocycles. The first-order valence-electron chi connectivity index (χ1n) is 7.47. The largest absolute Gasteiger partial charge is 0.445 e. The molecule has 1 aromatic carbocycles. The van der Waals surface area contributed by atoms with E-state index in [0.717, 1.165) is 17.7 Å². The van der Waals surface area contributed by atoms with Crippen LogP contribution in [0.15, 0.2) is 24.3 Å². The zero-order valence-electron chi connectivity index (χ0n) is 13.7. The van der Waals surface area contributed by atoms with E-state index >= 15 is 0 Å². The normalized spacial score (nSPS) is 11.2. The minimum atomic E-state index is -4.56. The average Bonchev–Trinajstić information content (AvgIpc) is 3.00. The van der Waals surface area contributed by atoms with Gasteiger partial charge in [0.15, 0.2) is 0 Å². The molecule has 0 bridgehead atoms. The summed E-state index contributed by atoms with van der Waals surface area (Å²) < 4.78 is 37.2. The number of hydrogen-bond acceptors (Lipinski definition) is 5.